The summed E-state index contributed by atoms with van der Waals surface area (Å²) in [6.45, 7) is 6.91. The van der Waals surface area contributed by atoms with Crippen molar-refractivity contribution < 1.29 is 0 Å². The maximum atomic E-state index is 4.66. The number of hydrogen-bond donors (Lipinski definition) is 3. The predicted molar refractivity (Wildman–Crippen MR) is 116 cm³/mol. The number of aromatic nitrogens is 3. The zero-order valence-electron chi connectivity index (χ0n) is 16.2. The summed E-state index contributed by atoms with van der Waals surface area (Å²) in [5, 5.41) is 10.7. The number of rotatable bonds is 6. The number of thiazole rings is 1. The second kappa shape index (κ2) is 8.53. The van der Waals surface area contributed by atoms with Crippen molar-refractivity contribution in [2.45, 2.75) is 13.5 Å². The molecule has 1 fully saturated rings. The third-order valence-corrected chi connectivity index (χ3v) is 5.97. The van der Waals surface area contributed by atoms with Gasteiger partial charge in [0.25, 0.3) is 0 Å². The Morgan fingerprint density at radius 1 is 1.11 bits per heavy atom. The molecule has 3 aromatic rings. The molecule has 0 unspecified atom stereocenters. The summed E-state index contributed by atoms with van der Waals surface area (Å²) in [5.74, 6) is 0.627. The smallest absolute Gasteiger partial charge is 0.223 e. The van der Waals surface area contributed by atoms with Gasteiger partial charge in [-0.1, -0.05) is 23.5 Å². The Bertz CT molecular complexity index is 917. The first kappa shape index (κ1) is 18.6. The van der Waals surface area contributed by atoms with Crippen molar-refractivity contribution in [2.75, 3.05) is 48.8 Å². The number of aryl methyl sites for hydroxylation is 1. The quantitative estimate of drug-likeness (QED) is 0.592. The third kappa shape index (κ3) is 4.23. The molecular weight excluding hydrogens is 370 g/mol. The molecule has 0 aliphatic carbocycles. The van der Waals surface area contributed by atoms with Crippen LogP contribution < -0.4 is 20.9 Å². The lowest BCUT2D eigenvalue weighted by molar-refractivity contribution is 0.589. The number of nitrogens with one attached hydrogen (secondary N) is 3. The molecule has 1 aromatic carbocycles. The van der Waals surface area contributed by atoms with Gasteiger partial charge in [-0.15, -0.1) is 0 Å². The zero-order valence-corrected chi connectivity index (χ0v) is 17.0. The van der Waals surface area contributed by atoms with Crippen LogP contribution in [-0.4, -0.2) is 48.2 Å². The number of benzene rings is 1. The van der Waals surface area contributed by atoms with Gasteiger partial charge in [0.2, 0.25) is 5.95 Å². The van der Waals surface area contributed by atoms with Crippen LogP contribution in [-0.2, 0) is 6.54 Å². The predicted octanol–water partition coefficient (Wildman–Crippen LogP) is 2.97. The zero-order chi connectivity index (χ0) is 19.3. The summed E-state index contributed by atoms with van der Waals surface area (Å²) < 4.78 is 0. The Labute approximate surface area is 169 Å². The minimum Gasteiger partial charge on any atom is -0.369 e. The van der Waals surface area contributed by atoms with Crippen LogP contribution in [0, 0.1) is 6.92 Å². The Morgan fingerprint density at radius 2 is 1.89 bits per heavy atom. The minimum absolute atomic E-state index is 0.627. The van der Waals surface area contributed by atoms with Gasteiger partial charge in [-0.05, 0) is 30.7 Å². The van der Waals surface area contributed by atoms with Crippen LogP contribution in [0.5, 0.6) is 0 Å². The molecule has 4 rings (SSSR count). The molecule has 1 saturated heterocycles. The Morgan fingerprint density at radius 3 is 2.61 bits per heavy atom. The van der Waals surface area contributed by atoms with E-state index in [1.54, 1.807) is 17.5 Å². The first-order valence-electron chi connectivity index (χ1n) is 9.50. The van der Waals surface area contributed by atoms with Gasteiger partial charge in [0.05, 0.1) is 16.3 Å². The lowest BCUT2D eigenvalue weighted by Gasteiger charge is -2.29. The van der Waals surface area contributed by atoms with Crippen molar-refractivity contribution in [1.82, 2.24) is 20.3 Å². The van der Waals surface area contributed by atoms with E-state index in [0.717, 1.165) is 47.6 Å². The summed E-state index contributed by atoms with van der Waals surface area (Å²) in [6, 6.07) is 10.6. The van der Waals surface area contributed by atoms with Crippen LogP contribution in [0.25, 0.3) is 10.6 Å². The topological polar surface area (TPSA) is 78.0 Å². The van der Waals surface area contributed by atoms with Crippen molar-refractivity contribution in [3.8, 4) is 10.6 Å². The van der Waals surface area contributed by atoms with E-state index in [1.165, 1.54) is 11.3 Å². The van der Waals surface area contributed by atoms with E-state index in [2.05, 4.69) is 60.1 Å². The van der Waals surface area contributed by atoms with Gasteiger partial charge < -0.3 is 20.9 Å². The fraction of sp³-hybridized carbons (Fsp3) is 0.350. The van der Waals surface area contributed by atoms with E-state index < -0.39 is 0 Å². The summed E-state index contributed by atoms with van der Waals surface area (Å²) in [7, 11) is 1.88. The molecule has 0 bridgehead atoms. The largest absolute Gasteiger partial charge is 0.369 e. The van der Waals surface area contributed by atoms with Crippen molar-refractivity contribution in [3.05, 3.63) is 47.8 Å². The Hall–Kier alpha value is -2.71. The molecule has 146 valence electrons. The first-order valence-corrected chi connectivity index (χ1v) is 10.3. The van der Waals surface area contributed by atoms with Crippen molar-refractivity contribution in [1.29, 1.82) is 0 Å². The highest BCUT2D eigenvalue weighted by atomic mass is 32.1. The molecule has 8 heteroatoms. The van der Waals surface area contributed by atoms with Crippen LogP contribution >= 0.6 is 11.3 Å². The molecule has 1 aliphatic heterocycles. The second-order valence-electron chi connectivity index (χ2n) is 6.71. The van der Waals surface area contributed by atoms with Gasteiger partial charge in [0, 0.05) is 51.7 Å². The molecule has 2 aromatic heterocycles. The molecular formula is C20H25N7S. The monoisotopic (exact) mass is 395 g/mol. The number of piperazine rings is 1. The van der Waals surface area contributed by atoms with Crippen LogP contribution in [0.4, 0.5) is 16.8 Å². The molecule has 0 radical (unpaired) electrons. The van der Waals surface area contributed by atoms with Crippen LogP contribution in [0.3, 0.4) is 0 Å². The van der Waals surface area contributed by atoms with E-state index in [4.69, 9.17) is 0 Å². The Balaban J connectivity index is 1.41. The minimum atomic E-state index is 0.627. The third-order valence-electron chi connectivity index (χ3n) is 4.77. The van der Waals surface area contributed by atoms with Gasteiger partial charge in [0.15, 0.2) is 5.13 Å². The molecule has 0 saturated carbocycles. The van der Waals surface area contributed by atoms with Gasteiger partial charge in [-0.25, -0.2) is 15.0 Å². The van der Waals surface area contributed by atoms with Gasteiger partial charge in [0.1, 0.15) is 0 Å². The Kier molecular flexibility index (Phi) is 5.68. The molecule has 7 nitrogen and oxygen atoms in total. The molecule has 3 heterocycles. The maximum absolute atomic E-state index is 4.66. The molecule has 28 heavy (non-hydrogen) atoms. The van der Waals surface area contributed by atoms with E-state index in [0.29, 0.717) is 12.5 Å². The van der Waals surface area contributed by atoms with Crippen molar-refractivity contribution >= 4 is 28.1 Å². The van der Waals surface area contributed by atoms with E-state index in [-0.39, 0.29) is 0 Å². The average molecular weight is 396 g/mol. The summed E-state index contributed by atoms with van der Waals surface area (Å²) >= 11 is 1.60. The second-order valence-corrected chi connectivity index (χ2v) is 7.71. The standard InChI is InChI=1S/C20H25N7S/c1-14-18(28-20(21-2)25-14)17-7-8-23-19(26-17)24-13-15-3-5-16(6-4-15)27-11-9-22-10-12-27/h3-8,22H,9-13H2,1-2H3,(H,21,25)(H,23,24,26). The molecule has 0 amide bonds. The lowest BCUT2D eigenvalue weighted by Crippen LogP contribution is -2.43. The molecule has 3 N–H and O–H groups in total. The fourth-order valence-corrected chi connectivity index (χ4v) is 4.13. The highest BCUT2D eigenvalue weighted by Crippen LogP contribution is 2.31. The average Bonchev–Trinajstić information content (AvgIpc) is 3.14. The maximum Gasteiger partial charge on any atom is 0.223 e. The van der Waals surface area contributed by atoms with Gasteiger partial charge in [-0.3, -0.25) is 0 Å². The van der Waals surface area contributed by atoms with Crippen molar-refractivity contribution in [2.24, 2.45) is 0 Å². The van der Waals surface area contributed by atoms with Crippen LogP contribution in [0.2, 0.25) is 0 Å². The van der Waals surface area contributed by atoms with E-state index in [1.807, 2.05) is 20.0 Å². The van der Waals surface area contributed by atoms with Gasteiger partial charge >= 0.3 is 0 Å². The molecule has 0 spiro atoms. The fourth-order valence-electron chi connectivity index (χ4n) is 3.24. The van der Waals surface area contributed by atoms with E-state index in [9.17, 15) is 0 Å². The summed E-state index contributed by atoms with van der Waals surface area (Å²) in [4.78, 5) is 17.0. The summed E-state index contributed by atoms with van der Waals surface area (Å²) in [5.41, 5.74) is 4.36. The SMILES string of the molecule is CNc1nc(C)c(-c2ccnc(NCc3ccc(N4CCNCC4)cc3)n2)s1. The highest BCUT2D eigenvalue weighted by Gasteiger charge is 2.12. The van der Waals surface area contributed by atoms with Crippen LogP contribution in [0.15, 0.2) is 36.5 Å². The normalized spacial score (nSPS) is 14.1. The van der Waals surface area contributed by atoms with Gasteiger partial charge in [-0.2, -0.15) is 0 Å². The van der Waals surface area contributed by atoms with E-state index >= 15 is 0 Å². The first-order chi connectivity index (χ1) is 13.7. The number of nitrogens with zero attached hydrogens (tertiary/aromatic N) is 4. The molecule has 0 atom stereocenters. The summed E-state index contributed by atoms with van der Waals surface area (Å²) in [6.07, 6.45) is 1.79. The molecule has 1 aliphatic rings. The van der Waals surface area contributed by atoms with Crippen molar-refractivity contribution in [3.63, 3.8) is 0 Å². The number of hydrogen-bond acceptors (Lipinski definition) is 8. The highest BCUT2D eigenvalue weighted by molar-refractivity contribution is 7.19. The number of anilines is 3. The lowest BCUT2D eigenvalue weighted by atomic mass is 10.2. The van der Waals surface area contributed by atoms with Crippen LogP contribution in [0.1, 0.15) is 11.3 Å².